The predicted molar refractivity (Wildman–Crippen MR) is 83.1 cm³/mol. The van der Waals surface area contributed by atoms with Crippen molar-refractivity contribution in [2.75, 3.05) is 13.6 Å². The third kappa shape index (κ3) is 3.34. The van der Waals surface area contributed by atoms with E-state index in [1.165, 1.54) is 16.3 Å². The zero-order valence-electron chi connectivity index (χ0n) is 12.1. The molecule has 2 nitrogen and oxygen atoms in total. The molecule has 2 rings (SSSR count). The number of rotatable bonds is 5. The molecular formula is C17H24N2. The van der Waals surface area contributed by atoms with Crippen molar-refractivity contribution in [2.45, 2.75) is 26.4 Å². The number of likely N-dealkylation sites (N-methyl/N-ethyl adjacent to an activating group) is 1. The third-order valence-corrected chi connectivity index (χ3v) is 3.82. The van der Waals surface area contributed by atoms with Gasteiger partial charge in [0.2, 0.25) is 0 Å². The Morgan fingerprint density at radius 2 is 1.74 bits per heavy atom. The van der Waals surface area contributed by atoms with Crippen LogP contribution < -0.4 is 5.73 Å². The Kier molecular flexibility index (Phi) is 4.56. The fourth-order valence-electron chi connectivity index (χ4n) is 2.70. The van der Waals surface area contributed by atoms with Gasteiger partial charge in [-0.2, -0.15) is 0 Å². The van der Waals surface area contributed by atoms with E-state index in [-0.39, 0.29) is 0 Å². The van der Waals surface area contributed by atoms with E-state index in [1.54, 1.807) is 0 Å². The average molecular weight is 256 g/mol. The molecule has 0 aliphatic carbocycles. The summed E-state index contributed by atoms with van der Waals surface area (Å²) in [6, 6.07) is 15.6. The first-order valence-corrected chi connectivity index (χ1v) is 7.00. The van der Waals surface area contributed by atoms with Crippen LogP contribution in [0.15, 0.2) is 42.5 Å². The van der Waals surface area contributed by atoms with Crippen molar-refractivity contribution in [2.24, 2.45) is 11.7 Å². The lowest BCUT2D eigenvalue weighted by molar-refractivity contribution is 0.190. The van der Waals surface area contributed by atoms with Gasteiger partial charge in [-0.15, -0.1) is 0 Å². The molecule has 0 bridgehead atoms. The van der Waals surface area contributed by atoms with Gasteiger partial charge in [0.05, 0.1) is 0 Å². The van der Waals surface area contributed by atoms with Crippen molar-refractivity contribution < 1.29 is 0 Å². The van der Waals surface area contributed by atoms with Crippen LogP contribution in [-0.2, 0) is 6.54 Å². The molecule has 0 radical (unpaired) electrons. The molecule has 102 valence electrons. The fraction of sp³-hybridized carbons (Fsp3) is 0.412. The smallest absolute Gasteiger partial charge is 0.0241 e. The summed E-state index contributed by atoms with van der Waals surface area (Å²) < 4.78 is 0. The summed E-state index contributed by atoms with van der Waals surface area (Å²) in [4.78, 5) is 2.36. The summed E-state index contributed by atoms with van der Waals surface area (Å²) >= 11 is 0. The van der Waals surface area contributed by atoms with E-state index in [0.29, 0.717) is 18.5 Å². The number of fused-ring (bicyclic) bond motifs is 1. The van der Waals surface area contributed by atoms with Gasteiger partial charge in [-0.05, 0) is 35.4 Å². The summed E-state index contributed by atoms with van der Waals surface area (Å²) in [5.74, 6) is 0.579. The molecule has 2 aromatic carbocycles. The quantitative estimate of drug-likeness (QED) is 0.889. The van der Waals surface area contributed by atoms with Gasteiger partial charge in [-0.1, -0.05) is 50.2 Å². The van der Waals surface area contributed by atoms with Gasteiger partial charge < -0.3 is 5.73 Å². The van der Waals surface area contributed by atoms with Gasteiger partial charge in [0.15, 0.2) is 0 Å². The number of benzene rings is 2. The predicted octanol–water partition coefficient (Wildman–Crippen LogP) is 3.25. The van der Waals surface area contributed by atoms with Gasteiger partial charge in [0, 0.05) is 19.1 Å². The first-order valence-electron chi connectivity index (χ1n) is 7.00. The molecule has 2 heteroatoms. The van der Waals surface area contributed by atoms with Gasteiger partial charge in [-0.25, -0.2) is 0 Å². The largest absolute Gasteiger partial charge is 0.329 e. The maximum absolute atomic E-state index is 5.88. The monoisotopic (exact) mass is 256 g/mol. The van der Waals surface area contributed by atoms with E-state index in [4.69, 9.17) is 5.73 Å². The fourth-order valence-corrected chi connectivity index (χ4v) is 2.70. The number of nitrogens with two attached hydrogens (primary N) is 1. The van der Waals surface area contributed by atoms with Crippen molar-refractivity contribution in [1.29, 1.82) is 0 Å². The molecule has 0 fully saturated rings. The minimum atomic E-state index is 0.437. The lowest BCUT2D eigenvalue weighted by atomic mass is 10.0. The van der Waals surface area contributed by atoms with E-state index < -0.39 is 0 Å². The molecular weight excluding hydrogens is 232 g/mol. The Balaban J connectivity index is 2.16. The molecule has 0 saturated heterocycles. The molecule has 2 aromatic rings. The third-order valence-electron chi connectivity index (χ3n) is 3.82. The van der Waals surface area contributed by atoms with E-state index in [1.807, 2.05) is 0 Å². The summed E-state index contributed by atoms with van der Waals surface area (Å²) in [5.41, 5.74) is 7.22. The average Bonchev–Trinajstić information content (AvgIpc) is 2.39. The molecule has 0 heterocycles. The highest BCUT2D eigenvalue weighted by Gasteiger charge is 2.16. The normalized spacial score (nSPS) is 13.4. The highest BCUT2D eigenvalue weighted by Crippen LogP contribution is 2.18. The first kappa shape index (κ1) is 14.0. The van der Waals surface area contributed by atoms with Crippen LogP contribution in [-0.4, -0.2) is 24.5 Å². The molecule has 19 heavy (non-hydrogen) atoms. The van der Waals surface area contributed by atoms with Crippen molar-refractivity contribution in [3.63, 3.8) is 0 Å². The first-order chi connectivity index (χ1) is 9.11. The molecule has 0 saturated carbocycles. The summed E-state index contributed by atoms with van der Waals surface area (Å²) in [5, 5.41) is 2.61. The second-order valence-electron chi connectivity index (χ2n) is 5.64. The Morgan fingerprint density at radius 3 is 2.37 bits per heavy atom. The van der Waals surface area contributed by atoms with E-state index in [2.05, 4.69) is 68.3 Å². The summed E-state index contributed by atoms with van der Waals surface area (Å²) in [6.45, 7) is 6.12. The number of hydrogen-bond acceptors (Lipinski definition) is 2. The van der Waals surface area contributed by atoms with E-state index >= 15 is 0 Å². The Hall–Kier alpha value is -1.38. The molecule has 1 unspecified atom stereocenters. The van der Waals surface area contributed by atoms with Gasteiger partial charge >= 0.3 is 0 Å². The van der Waals surface area contributed by atoms with Crippen LogP contribution in [0, 0.1) is 5.92 Å². The van der Waals surface area contributed by atoms with Crippen LogP contribution in [0.2, 0.25) is 0 Å². The summed E-state index contributed by atoms with van der Waals surface area (Å²) in [6.07, 6.45) is 0. The highest BCUT2D eigenvalue weighted by molar-refractivity contribution is 5.82. The maximum Gasteiger partial charge on any atom is 0.0241 e. The number of nitrogens with zero attached hydrogens (tertiary/aromatic N) is 1. The zero-order chi connectivity index (χ0) is 13.8. The maximum atomic E-state index is 5.88. The summed E-state index contributed by atoms with van der Waals surface area (Å²) in [7, 11) is 2.16. The lowest BCUT2D eigenvalue weighted by Crippen LogP contribution is -2.41. The van der Waals surface area contributed by atoms with Gasteiger partial charge in [0.25, 0.3) is 0 Å². The molecule has 0 aliphatic rings. The molecule has 0 spiro atoms. The highest BCUT2D eigenvalue weighted by atomic mass is 15.1. The Morgan fingerprint density at radius 1 is 1.05 bits per heavy atom. The van der Waals surface area contributed by atoms with Crippen LogP contribution in [0.5, 0.6) is 0 Å². The Bertz CT molecular complexity index is 534. The molecule has 0 amide bonds. The zero-order valence-corrected chi connectivity index (χ0v) is 12.1. The lowest BCUT2D eigenvalue weighted by Gasteiger charge is -2.30. The van der Waals surface area contributed by atoms with Crippen molar-refractivity contribution >= 4 is 10.8 Å². The Labute approximate surface area is 116 Å². The SMILES string of the molecule is CC(C)C(CN)N(C)Cc1ccc2ccccc2c1. The van der Waals surface area contributed by atoms with Gasteiger partial charge in [-0.3, -0.25) is 4.90 Å². The van der Waals surface area contributed by atoms with Crippen molar-refractivity contribution in [3.8, 4) is 0 Å². The molecule has 0 aromatic heterocycles. The molecule has 0 aliphatic heterocycles. The second kappa shape index (κ2) is 6.18. The van der Waals surface area contributed by atoms with Crippen LogP contribution in [0.1, 0.15) is 19.4 Å². The van der Waals surface area contributed by atoms with Crippen LogP contribution in [0.25, 0.3) is 10.8 Å². The van der Waals surface area contributed by atoms with Gasteiger partial charge in [0.1, 0.15) is 0 Å². The van der Waals surface area contributed by atoms with Crippen LogP contribution >= 0.6 is 0 Å². The minimum absolute atomic E-state index is 0.437. The minimum Gasteiger partial charge on any atom is -0.329 e. The molecule has 1 atom stereocenters. The molecule has 2 N–H and O–H groups in total. The van der Waals surface area contributed by atoms with E-state index in [0.717, 1.165) is 6.54 Å². The van der Waals surface area contributed by atoms with Crippen LogP contribution in [0.4, 0.5) is 0 Å². The van der Waals surface area contributed by atoms with Crippen LogP contribution in [0.3, 0.4) is 0 Å². The topological polar surface area (TPSA) is 29.3 Å². The second-order valence-corrected chi connectivity index (χ2v) is 5.64. The number of hydrogen-bond donors (Lipinski definition) is 1. The van der Waals surface area contributed by atoms with Crippen molar-refractivity contribution in [3.05, 3.63) is 48.0 Å². The van der Waals surface area contributed by atoms with Crippen molar-refractivity contribution in [1.82, 2.24) is 4.90 Å². The standard InChI is InChI=1S/C17H24N2/c1-13(2)17(11-18)19(3)12-14-8-9-15-6-4-5-7-16(15)10-14/h4-10,13,17H,11-12,18H2,1-3H3. The van der Waals surface area contributed by atoms with E-state index in [9.17, 15) is 0 Å².